The molecule has 0 aromatic heterocycles. The molecule has 9 heteroatoms. The quantitative estimate of drug-likeness (QED) is 0.528. The lowest BCUT2D eigenvalue weighted by molar-refractivity contribution is -0.125. The SMILES string of the molecule is C[C@@H](NC(=O)C1=C[C@@H](Oc2ccc(C#N)cc2Br)[C@H](O)[C@H](O)C1)C(N)=O. The van der Waals surface area contributed by atoms with Crippen LogP contribution in [0.15, 0.2) is 34.3 Å². The highest BCUT2D eigenvalue weighted by Crippen LogP contribution is 2.30. The fourth-order valence-electron chi connectivity index (χ4n) is 2.38. The predicted molar refractivity (Wildman–Crippen MR) is 94.8 cm³/mol. The maximum atomic E-state index is 12.2. The summed E-state index contributed by atoms with van der Waals surface area (Å²) in [5, 5.41) is 31.5. The molecule has 1 aromatic rings. The summed E-state index contributed by atoms with van der Waals surface area (Å²) in [5.74, 6) is -0.928. The third-order valence-corrected chi connectivity index (χ3v) is 4.54. The molecule has 0 aliphatic heterocycles. The number of nitrogens with zero attached hydrogens (tertiary/aromatic N) is 1. The Bertz CT molecular complexity index is 789. The van der Waals surface area contributed by atoms with Gasteiger partial charge in [-0.2, -0.15) is 5.26 Å². The first-order chi connectivity index (χ1) is 12.2. The minimum Gasteiger partial charge on any atom is -0.482 e. The Hall–Kier alpha value is -2.41. The van der Waals surface area contributed by atoms with Crippen molar-refractivity contribution in [1.29, 1.82) is 5.26 Å². The minimum absolute atomic E-state index is 0.0904. The van der Waals surface area contributed by atoms with E-state index in [1.165, 1.54) is 19.1 Å². The van der Waals surface area contributed by atoms with E-state index in [0.29, 0.717) is 15.8 Å². The highest BCUT2D eigenvalue weighted by Gasteiger charge is 2.35. The van der Waals surface area contributed by atoms with E-state index in [4.69, 9.17) is 15.7 Å². The number of halogens is 1. The van der Waals surface area contributed by atoms with Gasteiger partial charge in [-0.05, 0) is 47.1 Å². The largest absolute Gasteiger partial charge is 0.482 e. The van der Waals surface area contributed by atoms with Crippen LogP contribution in [0.4, 0.5) is 0 Å². The van der Waals surface area contributed by atoms with Gasteiger partial charge in [-0.15, -0.1) is 0 Å². The summed E-state index contributed by atoms with van der Waals surface area (Å²) in [6.45, 7) is 1.44. The molecule has 0 saturated heterocycles. The van der Waals surface area contributed by atoms with Gasteiger partial charge in [0.15, 0.2) is 0 Å². The molecule has 2 amide bonds. The number of amides is 2. The molecule has 0 unspecified atom stereocenters. The first kappa shape index (κ1) is 19.9. The summed E-state index contributed by atoms with van der Waals surface area (Å²) in [5.41, 5.74) is 5.71. The van der Waals surface area contributed by atoms with E-state index < -0.39 is 36.2 Å². The van der Waals surface area contributed by atoms with Crippen molar-refractivity contribution in [3.05, 3.63) is 39.9 Å². The molecule has 26 heavy (non-hydrogen) atoms. The normalized spacial score (nSPS) is 23.3. The lowest BCUT2D eigenvalue weighted by Gasteiger charge is -2.31. The van der Waals surface area contributed by atoms with Crippen LogP contribution in [-0.4, -0.2) is 46.4 Å². The number of benzene rings is 1. The van der Waals surface area contributed by atoms with Crippen molar-refractivity contribution in [2.45, 2.75) is 37.7 Å². The van der Waals surface area contributed by atoms with E-state index in [1.54, 1.807) is 12.1 Å². The van der Waals surface area contributed by atoms with E-state index in [9.17, 15) is 19.8 Å². The highest BCUT2D eigenvalue weighted by molar-refractivity contribution is 9.10. The lowest BCUT2D eigenvalue weighted by atomic mass is 9.91. The third-order valence-electron chi connectivity index (χ3n) is 3.92. The van der Waals surface area contributed by atoms with Crippen LogP contribution >= 0.6 is 15.9 Å². The van der Waals surface area contributed by atoms with Crippen molar-refractivity contribution < 1.29 is 24.5 Å². The van der Waals surface area contributed by atoms with Gasteiger partial charge in [0.2, 0.25) is 11.8 Å². The van der Waals surface area contributed by atoms with Crippen LogP contribution < -0.4 is 15.8 Å². The zero-order valence-corrected chi connectivity index (χ0v) is 15.4. The first-order valence-electron chi connectivity index (χ1n) is 7.76. The number of carbonyl (C=O) groups excluding carboxylic acids is 2. The van der Waals surface area contributed by atoms with Crippen molar-refractivity contribution >= 4 is 27.7 Å². The summed E-state index contributed by atoms with van der Waals surface area (Å²) in [6.07, 6.45) is -2.15. The van der Waals surface area contributed by atoms with E-state index >= 15 is 0 Å². The fraction of sp³-hybridized carbons (Fsp3) is 0.353. The number of aliphatic hydroxyl groups excluding tert-OH is 2. The molecule has 0 fully saturated rings. The summed E-state index contributed by atoms with van der Waals surface area (Å²) in [4.78, 5) is 23.3. The van der Waals surface area contributed by atoms with Gasteiger partial charge >= 0.3 is 0 Å². The standard InChI is InChI=1S/C17H18BrN3O5/c1-8(16(20)24)21-17(25)10-5-12(22)15(23)14(6-10)26-13-3-2-9(7-19)4-11(13)18/h2-4,6,8,12,14-15,22-23H,5H2,1H3,(H2,20,24)(H,21,25)/t8-,12-,14-,15-/m1/s1. The summed E-state index contributed by atoms with van der Waals surface area (Å²) < 4.78 is 6.18. The van der Waals surface area contributed by atoms with Crippen LogP contribution in [0.1, 0.15) is 18.9 Å². The second kappa shape index (κ2) is 8.31. The molecule has 8 nitrogen and oxygen atoms in total. The molecule has 138 valence electrons. The Morgan fingerprint density at radius 1 is 1.46 bits per heavy atom. The summed E-state index contributed by atoms with van der Waals surface area (Å²) in [7, 11) is 0. The van der Waals surface area contributed by atoms with Gasteiger partial charge in [-0.25, -0.2) is 0 Å². The lowest BCUT2D eigenvalue weighted by Crippen LogP contribution is -2.47. The minimum atomic E-state index is -1.25. The number of aliphatic hydroxyl groups is 2. The Morgan fingerprint density at radius 3 is 2.73 bits per heavy atom. The molecule has 5 N–H and O–H groups in total. The zero-order chi connectivity index (χ0) is 19.4. The molecule has 1 aliphatic rings. The maximum Gasteiger partial charge on any atom is 0.247 e. The second-order valence-corrected chi connectivity index (χ2v) is 6.75. The van der Waals surface area contributed by atoms with Crippen molar-refractivity contribution in [3.63, 3.8) is 0 Å². The molecule has 4 atom stereocenters. The van der Waals surface area contributed by atoms with Gasteiger partial charge in [-0.1, -0.05) is 0 Å². The molecule has 0 heterocycles. The number of ether oxygens (including phenoxy) is 1. The molecule has 1 aliphatic carbocycles. The number of hydrogen-bond acceptors (Lipinski definition) is 6. The van der Waals surface area contributed by atoms with E-state index in [2.05, 4.69) is 21.2 Å². The molecule has 0 radical (unpaired) electrons. The van der Waals surface area contributed by atoms with E-state index in [-0.39, 0.29) is 12.0 Å². The summed E-state index contributed by atoms with van der Waals surface area (Å²) >= 11 is 3.27. The van der Waals surface area contributed by atoms with Crippen molar-refractivity contribution in [2.24, 2.45) is 5.73 Å². The molecule has 0 spiro atoms. The fourth-order valence-corrected chi connectivity index (χ4v) is 2.85. The predicted octanol–water partition coefficient (Wildman–Crippen LogP) is 0.110. The van der Waals surface area contributed by atoms with Crippen LogP contribution in [0.25, 0.3) is 0 Å². The van der Waals surface area contributed by atoms with Gasteiger partial charge in [0.1, 0.15) is 24.0 Å². The number of nitrogens with two attached hydrogens (primary N) is 1. The third kappa shape index (κ3) is 4.60. The van der Waals surface area contributed by atoms with Gasteiger partial charge in [0.25, 0.3) is 0 Å². The van der Waals surface area contributed by atoms with Crippen LogP contribution in [0, 0.1) is 11.3 Å². The molecule has 0 saturated carbocycles. The van der Waals surface area contributed by atoms with E-state index in [1.807, 2.05) is 6.07 Å². The van der Waals surface area contributed by atoms with Crippen molar-refractivity contribution in [2.75, 3.05) is 0 Å². The van der Waals surface area contributed by atoms with Crippen LogP contribution in [-0.2, 0) is 9.59 Å². The average Bonchev–Trinajstić information content (AvgIpc) is 2.59. The van der Waals surface area contributed by atoms with Crippen molar-refractivity contribution in [1.82, 2.24) is 5.32 Å². The topological polar surface area (TPSA) is 146 Å². The van der Waals surface area contributed by atoms with Gasteiger partial charge in [0, 0.05) is 12.0 Å². The smallest absolute Gasteiger partial charge is 0.247 e. The average molecular weight is 424 g/mol. The number of primary amides is 1. The zero-order valence-electron chi connectivity index (χ0n) is 13.8. The van der Waals surface area contributed by atoms with E-state index in [0.717, 1.165) is 0 Å². The number of hydrogen-bond donors (Lipinski definition) is 4. The monoisotopic (exact) mass is 423 g/mol. The van der Waals surface area contributed by atoms with Crippen LogP contribution in [0.5, 0.6) is 5.75 Å². The molecule has 0 bridgehead atoms. The first-order valence-corrected chi connectivity index (χ1v) is 8.55. The van der Waals surface area contributed by atoms with Crippen molar-refractivity contribution in [3.8, 4) is 11.8 Å². The maximum absolute atomic E-state index is 12.2. The van der Waals surface area contributed by atoms with Gasteiger partial charge in [0.05, 0.1) is 22.2 Å². The molecular formula is C17H18BrN3O5. The number of nitrogens with one attached hydrogen (secondary N) is 1. The molecule has 1 aromatic carbocycles. The number of carbonyl (C=O) groups is 2. The Morgan fingerprint density at radius 2 is 2.15 bits per heavy atom. The number of rotatable bonds is 5. The highest BCUT2D eigenvalue weighted by atomic mass is 79.9. The molecular weight excluding hydrogens is 406 g/mol. The van der Waals surface area contributed by atoms with Crippen LogP contribution in [0.3, 0.4) is 0 Å². The van der Waals surface area contributed by atoms with Gasteiger partial charge in [-0.3, -0.25) is 9.59 Å². The Balaban J connectivity index is 2.22. The summed E-state index contributed by atoms with van der Waals surface area (Å²) in [6, 6.07) is 5.74. The second-order valence-electron chi connectivity index (χ2n) is 5.89. The molecule has 2 rings (SSSR count). The Labute approximate surface area is 158 Å². The number of nitriles is 1. The van der Waals surface area contributed by atoms with Crippen LogP contribution in [0.2, 0.25) is 0 Å². The Kier molecular flexibility index (Phi) is 6.37. The van der Waals surface area contributed by atoms with Gasteiger partial charge < -0.3 is 26.0 Å².